The standard InChI is InChI=1S/C16H11F2NO3/c17-10-6-11(18)8-12(7-10)19-15(20)14-5-9-3-1-2-4-13(9)16(21)22-14/h1-4,6-8,14H,5H2,(H,19,20). The van der Waals surface area contributed by atoms with Crippen LogP contribution in [0.15, 0.2) is 42.5 Å². The Labute approximate surface area is 124 Å². The quantitative estimate of drug-likeness (QED) is 0.868. The summed E-state index contributed by atoms with van der Waals surface area (Å²) in [7, 11) is 0. The van der Waals surface area contributed by atoms with Crippen LogP contribution in [0.2, 0.25) is 0 Å². The number of hydrogen-bond acceptors (Lipinski definition) is 3. The van der Waals surface area contributed by atoms with E-state index in [2.05, 4.69) is 5.32 Å². The first-order chi connectivity index (χ1) is 10.5. The topological polar surface area (TPSA) is 55.4 Å². The minimum Gasteiger partial charge on any atom is -0.448 e. The summed E-state index contributed by atoms with van der Waals surface area (Å²) in [6.45, 7) is 0. The highest BCUT2D eigenvalue weighted by Crippen LogP contribution is 2.22. The molecule has 1 amide bonds. The molecular formula is C16H11F2NO3. The van der Waals surface area contributed by atoms with Crippen LogP contribution in [0.1, 0.15) is 15.9 Å². The summed E-state index contributed by atoms with van der Waals surface area (Å²) < 4.78 is 31.3. The normalized spacial score (nSPS) is 16.6. The second-order valence-electron chi connectivity index (χ2n) is 4.90. The van der Waals surface area contributed by atoms with E-state index >= 15 is 0 Å². The second-order valence-corrected chi connectivity index (χ2v) is 4.90. The van der Waals surface area contributed by atoms with Gasteiger partial charge in [0.2, 0.25) is 0 Å². The van der Waals surface area contributed by atoms with E-state index in [-0.39, 0.29) is 12.1 Å². The number of ether oxygens (including phenoxy) is 1. The Morgan fingerprint density at radius 3 is 2.55 bits per heavy atom. The molecule has 0 aromatic heterocycles. The van der Waals surface area contributed by atoms with Crippen molar-refractivity contribution in [3.8, 4) is 0 Å². The number of anilines is 1. The zero-order valence-electron chi connectivity index (χ0n) is 11.3. The molecule has 112 valence electrons. The summed E-state index contributed by atoms with van der Waals surface area (Å²) in [4.78, 5) is 24.0. The maximum atomic E-state index is 13.1. The molecule has 0 fully saturated rings. The third-order valence-electron chi connectivity index (χ3n) is 3.31. The summed E-state index contributed by atoms with van der Waals surface area (Å²) in [5, 5.41) is 2.35. The lowest BCUT2D eigenvalue weighted by molar-refractivity contribution is -0.125. The molecule has 3 rings (SSSR count). The van der Waals surface area contributed by atoms with Crippen molar-refractivity contribution in [3.05, 3.63) is 65.2 Å². The first-order valence-electron chi connectivity index (χ1n) is 6.59. The number of fused-ring (bicyclic) bond motifs is 1. The average molecular weight is 303 g/mol. The number of amides is 1. The number of hydrogen-bond donors (Lipinski definition) is 1. The number of nitrogens with one attached hydrogen (secondary N) is 1. The monoisotopic (exact) mass is 303 g/mol. The van der Waals surface area contributed by atoms with Crippen molar-refractivity contribution in [1.82, 2.24) is 0 Å². The number of benzene rings is 2. The van der Waals surface area contributed by atoms with Crippen molar-refractivity contribution >= 4 is 17.6 Å². The van der Waals surface area contributed by atoms with Crippen molar-refractivity contribution in [2.24, 2.45) is 0 Å². The maximum Gasteiger partial charge on any atom is 0.339 e. The van der Waals surface area contributed by atoms with E-state index in [1.165, 1.54) is 0 Å². The molecular weight excluding hydrogens is 292 g/mol. The van der Waals surface area contributed by atoms with Crippen molar-refractivity contribution in [3.63, 3.8) is 0 Å². The molecule has 1 unspecified atom stereocenters. The molecule has 2 aromatic rings. The van der Waals surface area contributed by atoms with Gasteiger partial charge in [0.15, 0.2) is 6.10 Å². The molecule has 0 radical (unpaired) electrons. The number of halogens is 2. The fourth-order valence-corrected chi connectivity index (χ4v) is 2.33. The van der Waals surface area contributed by atoms with Crippen LogP contribution >= 0.6 is 0 Å². The van der Waals surface area contributed by atoms with Crippen LogP contribution in [0.3, 0.4) is 0 Å². The van der Waals surface area contributed by atoms with Crippen LogP contribution in [0.5, 0.6) is 0 Å². The zero-order chi connectivity index (χ0) is 15.7. The Balaban J connectivity index is 1.78. The molecule has 0 spiro atoms. The highest BCUT2D eigenvalue weighted by molar-refractivity contribution is 6.00. The Morgan fingerprint density at radius 2 is 1.82 bits per heavy atom. The smallest absolute Gasteiger partial charge is 0.339 e. The number of carbonyl (C=O) groups excluding carboxylic acids is 2. The van der Waals surface area contributed by atoms with Crippen molar-refractivity contribution in [1.29, 1.82) is 0 Å². The fraction of sp³-hybridized carbons (Fsp3) is 0.125. The van der Waals surface area contributed by atoms with E-state index in [0.29, 0.717) is 17.2 Å². The molecule has 0 bridgehead atoms. The van der Waals surface area contributed by atoms with E-state index in [1.807, 2.05) is 0 Å². The zero-order valence-corrected chi connectivity index (χ0v) is 11.3. The van der Waals surface area contributed by atoms with Gasteiger partial charge in [0.25, 0.3) is 5.91 Å². The first-order valence-corrected chi connectivity index (χ1v) is 6.59. The third kappa shape index (κ3) is 2.81. The molecule has 6 heteroatoms. The van der Waals surface area contributed by atoms with Crippen LogP contribution in [0.25, 0.3) is 0 Å². The van der Waals surface area contributed by atoms with Gasteiger partial charge in [-0.2, -0.15) is 0 Å². The third-order valence-corrected chi connectivity index (χ3v) is 3.31. The number of rotatable bonds is 2. The molecule has 1 atom stereocenters. The van der Waals surface area contributed by atoms with E-state index in [0.717, 1.165) is 12.1 Å². The average Bonchev–Trinajstić information content (AvgIpc) is 2.46. The maximum absolute atomic E-state index is 13.1. The highest BCUT2D eigenvalue weighted by atomic mass is 19.1. The van der Waals surface area contributed by atoms with Gasteiger partial charge in [0.05, 0.1) is 5.56 Å². The highest BCUT2D eigenvalue weighted by Gasteiger charge is 2.31. The van der Waals surface area contributed by atoms with Crippen LogP contribution in [-0.2, 0) is 16.0 Å². The number of cyclic esters (lactones) is 1. The van der Waals surface area contributed by atoms with Crippen LogP contribution < -0.4 is 5.32 Å². The van der Waals surface area contributed by atoms with Gasteiger partial charge < -0.3 is 10.1 Å². The first kappa shape index (κ1) is 14.2. The van der Waals surface area contributed by atoms with E-state index in [4.69, 9.17) is 4.74 Å². The van der Waals surface area contributed by atoms with Crippen molar-refractivity contribution in [2.45, 2.75) is 12.5 Å². The molecule has 22 heavy (non-hydrogen) atoms. The molecule has 0 saturated carbocycles. The van der Waals surface area contributed by atoms with Gasteiger partial charge in [-0.05, 0) is 23.8 Å². The summed E-state index contributed by atoms with van der Waals surface area (Å²) in [5.74, 6) is -2.83. The number of esters is 1. The second kappa shape index (κ2) is 5.55. The Bertz CT molecular complexity index is 741. The molecule has 1 N–H and O–H groups in total. The van der Waals surface area contributed by atoms with Gasteiger partial charge >= 0.3 is 5.97 Å². The van der Waals surface area contributed by atoms with Crippen molar-refractivity contribution < 1.29 is 23.1 Å². The van der Waals surface area contributed by atoms with Crippen LogP contribution in [-0.4, -0.2) is 18.0 Å². The van der Waals surface area contributed by atoms with E-state index in [1.54, 1.807) is 24.3 Å². The SMILES string of the molecule is O=C1OC(C(=O)Nc2cc(F)cc(F)c2)Cc2ccccc21. The molecule has 0 aliphatic carbocycles. The van der Waals surface area contributed by atoms with Crippen LogP contribution in [0.4, 0.5) is 14.5 Å². The fourth-order valence-electron chi connectivity index (χ4n) is 2.33. The molecule has 0 saturated heterocycles. The Morgan fingerprint density at radius 1 is 1.14 bits per heavy atom. The minimum absolute atomic E-state index is 0.0302. The van der Waals surface area contributed by atoms with Gasteiger partial charge in [-0.3, -0.25) is 4.79 Å². The summed E-state index contributed by atoms with van der Waals surface area (Å²) in [6, 6.07) is 9.49. The van der Waals surface area contributed by atoms with Gasteiger partial charge in [0.1, 0.15) is 11.6 Å². The van der Waals surface area contributed by atoms with Gasteiger partial charge in [-0.25, -0.2) is 13.6 Å². The van der Waals surface area contributed by atoms with Gasteiger partial charge in [-0.15, -0.1) is 0 Å². The van der Waals surface area contributed by atoms with Gasteiger partial charge in [-0.1, -0.05) is 18.2 Å². The predicted molar refractivity (Wildman–Crippen MR) is 74.3 cm³/mol. The lowest BCUT2D eigenvalue weighted by atomic mass is 9.98. The largest absolute Gasteiger partial charge is 0.448 e. The van der Waals surface area contributed by atoms with Crippen LogP contribution in [0, 0.1) is 11.6 Å². The molecule has 1 aliphatic heterocycles. The van der Waals surface area contributed by atoms with Gasteiger partial charge in [0, 0.05) is 18.2 Å². The van der Waals surface area contributed by atoms with E-state index < -0.39 is 29.6 Å². The lowest BCUT2D eigenvalue weighted by Crippen LogP contribution is -2.38. The lowest BCUT2D eigenvalue weighted by Gasteiger charge is -2.23. The summed E-state index contributed by atoms with van der Waals surface area (Å²) in [5.41, 5.74) is 1.09. The molecule has 1 aliphatic rings. The van der Waals surface area contributed by atoms with Crippen molar-refractivity contribution in [2.75, 3.05) is 5.32 Å². The number of carbonyl (C=O) groups is 2. The Hall–Kier alpha value is -2.76. The molecule has 4 nitrogen and oxygen atoms in total. The van der Waals surface area contributed by atoms with E-state index in [9.17, 15) is 18.4 Å². The predicted octanol–water partition coefficient (Wildman–Crippen LogP) is 2.69. The Kier molecular flexibility index (Phi) is 3.58. The summed E-state index contributed by atoms with van der Waals surface area (Å²) in [6.07, 6.45) is -0.820. The summed E-state index contributed by atoms with van der Waals surface area (Å²) >= 11 is 0. The molecule has 2 aromatic carbocycles. The minimum atomic E-state index is -1.03. The molecule has 1 heterocycles.